The van der Waals surface area contributed by atoms with Crippen molar-refractivity contribution in [1.29, 1.82) is 0 Å². The van der Waals surface area contributed by atoms with E-state index in [9.17, 15) is 28.8 Å². The third-order valence-electron chi connectivity index (χ3n) is 5.94. The molecule has 0 saturated carbocycles. The number of unbranched alkanes of at least 4 members (excludes halogenated alkanes) is 3. The van der Waals surface area contributed by atoms with Gasteiger partial charge >= 0.3 is 0 Å². The first-order valence-electron chi connectivity index (χ1n) is 12.2. The van der Waals surface area contributed by atoms with E-state index in [0.717, 1.165) is 11.4 Å². The van der Waals surface area contributed by atoms with Crippen LogP contribution in [-0.4, -0.2) is 42.0 Å². The van der Waals surface area contributed by atoms with Crippen LogP contribution in [0, 0.1) is 0 Å². The van der Waals surface area contributed by atoms with E-state index in [1.54, 1.807) is 12.1 Å². The second kappa shape index (κ2) is 13.6. The van der Waals surface area contributed by atoms with Crippen LogP contribution in [0.4, 0.5) is 5.69 Å². The molecule has 2 aromatic rings. The number of nitrogens with zero attached hydrogens (tertiary/aromatic N) is 1. The molecule has 0 unspecified atom stereocenters. The molecule has 0 saturated heterocycles. The maximum atomic E-state index is 12.5. The van der Waals surface area contributed by atoms with E-state index in [0.29, 0.717) is 53.4 Å². The van der Waals surface area contributed by atoms with Crippen LogP contribution >= 0.6 is 0 Å². The molecule has 2 N–H and O–H groups in total. The van der Waals surface area contributed by atoms with Gasteiger partial charge in [0.05, 0.1) is 11.4 Å². The van der Waals surface area contributed by atoms with Crippen molar-refractivity contribution in [3.05, 3.63) is 58.7 Å². The van der Waals surface area contributed by atoms with Gasteiger partial charge in [-0.1, -0.05) is 30.4 Å². The topological polar surface area (TPSA) is 132 Å². The summed E-state index contributed by atoms with van der Waals surface area (Å²) in [4.78, 5) is 71.8. The number of anilines is 1. The van der Waals surface area contributed by atoms with Crippen molar-refractivity contribution >= 4 is 53.2 Å². The first-order chi connectivity index (χ1) is 17.4. The summed E-state index contributed by atoms with van der Waals surface area (Å²) in [6, 6.07) is 9.18. The van der Waals surface area contributed by atoms with E-state index >= 15 is 0 Å². The Morgan fingerprint density at radius 1 is 0.622 bits per heavy atom. The Kier molecular flexibility index (Phi) is 10.8. The van der Waals surface area contributed by atoms with Crippen molar-refractivity contribution in [2.75, 3.05) is 5.01 Å². The number of nitrogens with two attached hydrogens (primary N) is 1. The minimum Gasteiger partial charge on any atom is -0.311 e. The van der Waals surface area contributed by atoms with E-state index in [4.69, 9.17) is 5.84 Å². The standard InChI is InChI=1S/C28H32BN2O6/c1-17(32)21-11-22(18(2)33)14-25(13-21)29-27(36)9-7-5-6-8-10-28(37)31(30)26-15-23(19(3)34)12-24(16-26)20(4)35/h11-16H,5-10,30H2,1-4H3. The average Bonchev–Trinajstić information content (AvgIpc) is 2.84. The molecular formula is C28H32BN2O6. The molecule has 0 bridgehead atoms. The van der Waals surface area contributed by atoms with Crippen molar-refractivity contribution in [2.24, 2.45) is 5.84 Å². The zero-order valence-corrected chi connectivity index (χ0v) is 21.8. The SMILES string of the molecule is CC(=O)c1cc([B]C(=O)CCCCCCC(=O)N(N)c2cc(C(C)=O)cc(C(C)=O)c2)cc(C(C)=O)c1. The summed E-state index contributed by atoms with van der Waals surface area (Å²) >= 11 is 0. The molecular weight excluding hydrogens is 471 g/mol. The Morgan fingerprint density at radius 2 is 1.03 bits per heavy atom. The van der Waals surface area contributed by atoms with Crippen molar-refractivity contribution in [1.82, 2.24) is 0 Å². The molecule has 0 heterocycles. The zero-order valence-electron chi connectivity index (χ0n) is 21.8. The monoisotopic (exact) mass is 503 g/mol. The minimum atomic E-state index is -0.341. The van der Waals surface area contributed by atoms with Gasteiger partial charge < -0.3 is 4.79 Å². The number of carbonyl (C=O) groups excluding carboxylic acids is 6. The molecule has 193 valence electrons. The van der Waals surface area contributed by atoms with E-state index < -0.39 is 0 Å². The Hall–Kier alpha value is -3.72. The molecule has 37 heavy (non-hydrogen) atoms. The van der Waals surface area contributed by atoms with Gasteiger partial charge in [0.1, 0.15) is 0 Å². The van der Waals surface area contributed by atoms with Crippen molar-refractivity contribution in [3.8, 4) is 0 Å². The average molecular weight is 503 g/mol. The summed E-state index contributed by atoms with van der Waals surface area (Å²) in [6.07, 6.45) is 3.14. The van der Waals surface area contributed by atoms with Crippen molar-refractivity contribution in [3.63, 3.8) is 0 Å². The number of carbonyl (C=O) groups is 6. The van der Waals surface area contributed by atoms with E-state index in [1.165, 1.54) is 59.2 Å². The molecule has 1 amide bonds. The van der Waals surface area contributed by atoms with Gasteiger partial charge in [0.15, 0.2) is 23.1 Å². The predicted octanol–water partition coefficient (Wildman–Crippen LogP) is 3.60. The quantitative estimate of drug-likeness (QED) is 0.104. The van der Waals surface area contributed by atoms with E-state index in [-0.39, 0.29) is 46.8 Å². The minimum absolute atomic E-state index is 0.106. The number of rotatable bonds is 14. The van der Waals surface area contributed by atoms with Crippen molar-refractivity contribution < 1.29 is 28.8 Å². The van der Waals surface area contributed by atoms with E-state index in [1.807, 2.05) is 0 Å². The molecule has 0 aromatic heterocycles. The Labute approximate surface area is 217 Å². The summed E-state index contributed by atoms with van der Waals surface area (Å²) in [5.74, 6) is 4.79. The molecule has 0 aliphatic heterocycles. The Morgan fingerprint density at radius 3 is 1.46 bits per heavy atom. The van der Waals surface area contributed by atoms with Gasteiger partial charge in [-0.25, -0.2) is 10.9 Å². The van der Waals surface area contributed by atoms with Crippen LogP contribution in [0.3, 0.4) is 0 Å². The fourth-order valence-corrected chi connectivity index (χ4v) is 3.75. The van der Waals surface area contributed by atoms with Gasteiger partial charge in [0.2, 0.25) is 13.2 Å². The molecule has 2 rings (SSSR count). The number of hydrogen-bond acceptors (Lipinski definition) is 7. The summed E-state index contributed by atoms with van der Waals surface area (Å²) in [5, 5.41) is 0.960. The predicted molar refractivity (Wildman–Crippen MR) is 143 cm³/mol. The van der Waals surface area contributed by atoms with Gasteiger partial charge in [0, 0.05) is 28.7 Å². The molecule has 1 radical (unpaired) electrons. The first-order valence-corrected chi connectivity index (χ1v) is 12.2. The highest BCUT2D eigenvalue weighted by Crippen LogP contribution is 2.20. The number of hydrazine groups is 1. The van der Waals surface area contributed by atoms with Gasteiger partial charge in [-0.3, -0.25) is 24.0 Å². The summed E-state index contributed by atoms with van der Waals surface area (Å²) < 4.78 is 0. The lowest BCUT2D eigenvalue weighted by Gasteiger charge is -2.18. The molecule has 2 aromatic carbocycles. The largest absolute Gasteiger partial charge is 0.311 e. The number of ketones is 4. The lowest BCUT2D eigenvalue weighted by molar-refractivity contribution is -0.119. The van der Waals surface area contributed by atoms with Crippen LogP contribution in [0.2, 0.25) is 0 Å². The number of hydrogen-bond donors (Lipinski definition) is 1. The lowest BCUT2D eigenvalue weighted by Crippen LogP contribution is -2.37. The maximum absolute atomic E-state index is 12.5. The molecule has 0 aliphatic rings. The molecule has 8 nitrogen and oxygen atoms in total. The molecule has 0 fully saturated rings. The van der Waals surface area contributed by atoms with Gasteiger partial charge in [-0.2, -0.15) is 0 Å². The molecule has 0 atom stereocenters. The van der Waals surface area contributed by atoms with Crippen LogP contribution in [-0.2, 0) is 9.59 Å². The highest BCUT2D eigenvalue weighted by Gasteiger charge is 2.16. The van der Waals surface area contributed by atoms with E-state index in [2.05, 4.69) is 0 Å². The van der Waals surface area contributed by atoms with Crippen LogP contribution in [0.15, 0.2) is 36.4 Å². The summed E-state index contributed by atoms with van der Waals surface area (Å²) in [5.41, 5.74) is 2.08. The third-order valence-corrected chi connectivity index (χ3v) is 5.94. The maximum Gasteiger partial charge on any atom is 0.241 e. The zero-order chi connectivity index (χ0) is 27.7. The highest BCUT2D eigenvalue weighted by molar-refractivity contribution is 6.84. The highest BCUT2D eigenvalue weighted by atomic mass is 16.2. The number of benzene rings is 2. The van der Waals surface area contributed by atoms with Gasteiger partial charge in [0.25, 0.3) is 0 Å². The fourth-order valence-electron chi connectivity index (χ4n) is 3.75. The van der Waals surface area contributed by atoms with Crippen LogP contribution in [0.25, 0.3) is 0 Å². The van der Waals surface area contributed by atoms with Gasteiger partial charge in [-0.05, 0) is 71.2 Å². The normalized spacial score (nSPS) is 10.5. The fraction of sp³-hybridized carbons (Fsp3) is 0.357. The third kappa shape index (κ3) is 9.02. The van der Waals surface area contributed by atoms with Gasteiger partial charge in [-0.15, -0.1) is 0 Å². The Balaban J connectivity index is 1.81. The number of Topliss-reactive ketones (excluding diaryl/α,β-unsaturated/α-hetero) is 4. The molecule has 0 aliphatic carbocycles. The van der Waals surface area contributed by atoms with Crippen LogP contribution in [0.1, 0.15) is 108 Å². The summed E-state index contributed by atoms with van der Waals surface area (Å²) in [6.45, 7) is 5.57. The Bertz CT molecular complexity index is 1170. The molecule has 0 spiro atoms. The van der Waals surface area contributed by atoms with Crippen LogP contribution in [0.5, 0.6) is 0 Å². The second-order valence-electron chi connectivity index (χ2n) is 9.13. The summed E-state index contributed by atoms with van der Waals surface area (Å²) in [7, 11) is 1.44. The second-order valence-corrected chi connectivity index (χ2v) is 9.13. The number of amides is 1. The lowest BCUT2D eigenvalue weighted by atomic mass is 9.64. The molecule has 9 heteroatoms. The first kappa shape index (κ1) is 29.5. The van der Waals surface area contributed by atoms with Crippen molar-refractivity contribution in [2.45, 2.75) is 66.2 Å². The smallest absolute Gasteiger partial charge is 0.241 e. The van der Waals surface area contributed by atoms with Crippen LogP contribution < -0.4 is 16.3 Å².